The minimum absolute atomic E-state index is 0.0924. The van der Waals surface area contributed by atoms with E-state index in [4.69, 9.17) is 0 Å². The lowest BCUT2D eigenvalue weighted by molar-refractivity contribution is 0.582. The molecule has 0 unspecified atom stereocenters. The summed E-state index contributed by atoms with van der Waals surface area (Å²) in [6.07, 6.45) is 0. The fourth-order valence-corrected chi connectivity index (χ4v) is 20.3. The number of benzene rings is 16. The van der Waals surface area contributed by atoms with E-state index < -0.39 is 0 Å². The van der Waals surface area contributed by atoms with Crippen molar-refractivity contribution in [3.05, 3.63) is 426 Å². The van der Waals surface area contributed by atoms with E-state index >= 15 is 0 Å². The van der Waals surface area contributed by atoms with Crippen LogP contribution in [0.2, 0.25) is 0 Å². The van der Waals surface area contributed by atoms with Crippen LogP contribution in [-0.4, -0.2) is 22.8 Å². The average Bonchev–Trinajstić information content (AvgIpc) is 1.57. The Morgan fingerprint density at radius 2 is 0.372 bits per heavy atom. The molecule has 648 valence electrons. The summed E-state index contributed by atoms with van der Waals surface area (Å²) in [4.78, 5) is 0. The lowest BCUT2D eigenvalue weighted by Crippen LogP contribution is -2.19. The highest BCUT2D eigenvalue weighted by Gasteiger charge is 2.32. The van der Waals surface area contributed by atoms with E-state index in [1.807, 2.05) is 0 Å². The summed E-state index contributed by atoms with van der Waals surface area (Å²) in [7, 11) is 0. The molecule has 5 heteroatoms. The molecule has 0 amide bonds. The first-order chi connectivity index (χ1) is 61.6. The lowest BCUT2D eigenvalue weighted by Gasteiger charge is -2.28. The van der Waals surface area contributed by atoms with Crippen LogP contribution in [0.4, 0.5) is 0 Å². The molecule has 0 aliphatic carbocycles. The van der Waals surface area contributed by atoms with E-state index in [2.05, 4.69) is 545 Å². The summed E-state index contributed by atoms with van der Waals surface area (Å²) in [5, 5.41) is 13.0. The van der Waals surface area contributed by atoms with Crippen LogP contribution < -0.4 is 0 Å². The molecule has 0 spiro atoms. The van der Waals surface area contributed by atoms with Gasteiger partial charge < -0.3 is 22.8 Å². The highest BCUT2D eigenvalue weighted by molar-refractivity contribution is 6.15. The maximum atomic E-state index is 2.47. The van der Waals surface area contributed by atoms with Crippen molar-refractivity contribution in [2.24, 2.45) is 0 Å². The lowest BCUT2D eigenvalue weighted by atomic mass is 9.81. The highest BCUT2D eigenvalue weighted by atomic mass is 15.0. The molecule has 0 N–H and O–H groups in total. The Kier molecular flexibility index (Phi) is 24.6. The third-order valence-corrected chi connectivity index (χ3v) is 25.5. The topological polar surface area (TPSA) is 24.6 Å². The quantitative estimate of drug-likeness (QED) is 0.164. The number of nitrogens with zero attached hydrogens (tertiary/aromatic N) is 5. The molecular weight excluding hydrogens is 1560 g/mol. The zero-order valence-electron chi connectivity index (χ0n) is 80.0. The van der Waals surface area contributed by atoms with Crippen molar-refractivity contribution in [3.63, 3.8) is 0 Å². The molecule has 0 atom stereocenters. The van der Waals surface area contributed by atoms with E-state index in [-0.39, 0.29) is 32.5 Å². The number of hydrogen-bond acceptors (Lipinski definition) is 0. The highest BCUT2D eigenvalue weighted by Crippen LogP contribution is 2.47. The van der Waals surface area contributed by atoms with Crippen molar-refractivity contribution >= 4 is 109 Å². The molecule has 21 rings (SSSR count). The minimum atomic E-state index is -0.0950. The normalized spacial score (nSPS) is 12.1. The fraction of sp³-hybridized carbons (Fsp3) is 0.226. The molecule has 5 nitrogen and oxygen atoms in total. The molecule has 5 aromatic heterocycles. The molecule has 0 radical (unpaired) electrons. The zero-order valence-corrected chi connectivity index (χ0v) is 80.0. The van der Waals surface area contributed by atoms with Gasteiger partial charge in [0.1, 0.15) is 0 Å². The predicted octanol–water partition coefficient (Wildman–Crippen LogP) is 34.6. The van der Waals surface area contributed by atoms with Gasteiger partial charge in [0.15, 0.2) is 0 Å². The van der Waals surface area contributed by atoms with Crippen molar-refractivity contribution in [1.82, 2.24) is 22.8 Å². The summed E-state index contributed by atoms with van der Waals surface area (Å²) >= 11 is 0. The number of hydrogen-bond donors (Lipinski definition) is 0. The van der Waals surface area contributed by atoms with Gasteiger partial charge in [0.05, 0.1) is 72.2 Å². The second-order valence-electron chi connectivity index (χ2n) is 41.1. The Hall–Kier alpha value is -13.5. The average molecular weight is 1690 g/mol. The predicted molar refractivity (Wildman–Crippen MR) is 561 cm³/mol. The van der Waals surface area contributed by atoms with E-state index in [1.165, 1.54) is 193 Å². The first-order valence-corrected chi connectivity index (χ1v) is 46.1. The van der Waals surface area contributed by atoms with Gasteiger partial charge in [0, 0.05) is 76.4 Å². The maximum absolute atomic E-state index is 2.47. The minimum Gasteiger partial charge on any atom is -0.309 e. The fourth-order valence-electron chi connectivity index (χ4n) is 20.3. The second kappa shape index (κ2) is 35.6. The summed E-state index contributed by atoms with van der Waals surface area (Å²) in [5.41, 5.74) is 33.5. The monoisotopic (exact) mass is 1690 g/mol. The van der Waals surface area contributed by atoms with Crippen LogP contribution in [0.1, 0.15) is 180 Å². The zero-order chi connectivity index (χ0) is 91.2. The van der Waals surface area contributed by atoms with Crippen molar-refractivity contribution in [3.8, 4) is 28.4 Å². The molecular formula is C124H127N5. The van der Waals surface area contributed by atoms with Gasteiger partial charge in [-0.3, -0.25) is 0 Å². The molecule has 129 heavy (non-hydrogen) atoms. The molecule has 0 aliphatic rings. The number of aryl methyl sites for hydroxylation is 4. The standard InChI is InChI=1S/2C34H28N2.C22H21N.C12H18.2C11H16/c1-34(2,3)33-31(35-27-17-8-4-13-23(27)24-14-5-9-18-28(24)35)21-12-22-32(33)36-29-19-10-6-15-25(29)26-16-7-11-20-30(26)36;1-34(2,3)32-31(36-29-19-11-7-15-24(29)25-16-8-12-20-30(25)36)22-21-27-26-17-9-10-18-28(26)35(33(27)32)23-13-5-4-6-14-23;1-22(2,3)19-14-9-13-18-17-12-7-8-15-20(17)23(21(18)19)16-10-5-4-6-11-16;1-9-7-6-8-10(2)11(9)12(3,4)5;2*1-9-7-5-6-8-10(9)11(2,3)4/h2*4-22H,1-3H3;4-15H,1-3H3;6-8H,1-5H3;2*5-8H,1-4H3. The van der Waals surface area contributed by atoms with Crippen LogP contribution in [0.5, 0.6) is 0 Å². The summed E-state index contributed by atoms with van der Waals surface area (Å²) in [5.74, 6) is 0. The third-order valence-electron chi connectivity index (χ3n) is 25.5. The molecule has 16 aromatic carbocycles. The maximum Gasteiger partial charge on any atom is 0.0599 e. The van der Waals surface area contributed by atoms with Crippen molar-refractivity contribution in [2.75, 3.05) is 0 Å². The van der Waals surface area contributed by atoms with Crippen LogP contribution in [0.15, 0.2) is 370 Å². The number of aromatic nitrogens is 5. The van der Waals surface area contributed by atoms with Crippen molar-refractivity contribution in [1.29, 1.82) is 0 Å². The van der Waals surface area contributed by atoms with Gasteiger partial charge in [-0.2, -0.15) is 0 Å². The first-order valence-electron chi connectivity index (χ1n) is 46.1. The summed E-state index contributed by atoms with van der Waals surface area (Å²) in [6, 6.07) is 133. The van der Waals surface area contributed by atoms with E-state index in [0.717, 1.165) is 0 Å². The molecule has 0 bridgehead atoms. The largest absolute Gasteiger partial charge is 0.309 e. The van der Waals surface area contributed by atoms with Crippen LogP contribution in [0.25, 0.3) is 137 Å². The van der Waals surface area contributed by atoms with Crippen molar-refractivity contribution in [2.45, 2.75) is 185 Å². The van der Waals surface area contributed by atoms with Gasteiger partial charge in [-0.15, -0.1) is 0 Å². The molecule has 0 aliphatic heterocycles. The van der Waals surface area contributed by atoms with Crippen LogP contribution in [-0.2, 0) is 32.5 Å². The number of para-hydroxylation sites is 11. The van der Waals surface area contributed by atoms with E-state index in [0.29, 0.717) is 0 Å². The van der Waals surface area contributed by atoms with E-state index in [1.54, 1.807) is 0 Å². The van der Waals surface area contributed by atoms with Gasteiger partial charge in [0.2, 0.25) is 0 Å². The van der Waals surface area contributed by atoms with Crippen LogP contribution in [0.3, 0.4) is 0 Å². The second-order valence-corrected chi connectivity index (χ2v) is 41.1. The Bertz CT molecular complexity index is 7260. The van der Waals surface area contributed by atoms with Gasteiger partial charge in [-0.05, 0) is 196 Å². The van der Waals surface area contributed by atoms with E-state index in [9.17, 15) is 0 Å². The molecule has 0 saturated heterocycles. The smallest absolute Gasteiger partial charge is 0.0599 e. The number of fused-ring (bicyclic) bond motifs is 15. The molecule has 0 saturated carbocycles. The molecule has 5 heterocycles. The summed E-state index contributed by atoms with van der Waals surface area (Å²) in [6.45, 7) is 49.9. The Morgan fingerprint density at radius 3 is 0.667 bits per heavy atom. The van der Waals surface area contributed by atoms with Gasteiger partial charge in [-0.1, -0.05) is 404 Å². The Morgan fingerprint density at radius 1 is 0.147 bits per heavy atom. The van der Waals surface area contributed by atoms with Gasteiger partial charge in [-0.25, -0.2) is 0 Å². The van der Waals surface area contributed by atoms with Crippen molar-refractivity contribution < 1.29 is 0 Å². The Balaban J connectivity index is 0.000000122. The SMILES string of the molecule is CC(C)(C)c1c(-n2c3ccccc3c3ccccc32)ccc2c3ccccc3n(-c3ccccc3)c12.CC(C)(C)c1c(-n2c3ccccc3c3ccccc32)cccc1-n1c2ccccc2c2ccccc21.CC(C)(C)c1cccc2c3ccccc3n(-c3ccccc3)c12.Cc1cccc(C)c1C(C)(C)C.Cc1ccccc1C(C)(C)C.Cc1ccccc1C(C)(C)C. The summed E-state index contributed by atoms with van der Waals surface area (Å²) < 4.78 is 12.3. The molecule has 21 aromatic rings. The third kappa shape index (κ3) is 17.5. The first kappa shape index (κ1) is 88.9. The van der Waals surface area contributed by atoms with Gasteiger partial charge >= 0.3 is 0 Å². The Labute approximate surface area is 765 Å². The van der Waals surface area contributed by atoms with Gasteiger partial charge in [0.25, 0.3) is 0 Å². The number of rotatable bonds is 5. The van der Waals surface area contributed by atoms with Crippen LogP contribution in [0, 0.1) is 27.7 Å². The molecule has 0 fully saturated rings. The van der Waals surface area contributed by atoms with Crippen LogP contribution >= 0.6 is 0 Å².